The second kappa shape index (κ2) is 8.52. The molecule has 2 heterocycles. The van der Waals surface area contributed by atoms with E-state index in [9.17, 15) is 14.7 Å². The van der Waals surface area contributed by atoms with Crippen molar-refractivity contribution in [1.82, 2.24) is 15.6 Å². The Morgan fingerprint density at radius 1 is 1.12 bits per heavy atom. The normalized spacial score (nSPS) is 17.3. The van der Waals surface area contributed by atoms with E-state index in [1.165, 1.54) is 5.69 Å². The molecule has 8 heteroatoms. The first kappa shape index (κ1) is 20.9. The van der Waals surface area contributed by atoms with E-state index in [1.807, 2.05) is 30.3 Å². The van der Waals surface area contributed by atoms with Crippen molar-refractivity contribution >= 4 is 39.1 Å². The molecule has 0 bridgehead atoms. The summed E-state index contributed by atoms with van der Waals surface area (Å²) in [5.74, 6) is -1.16. The highest BCUT2D eigenvalue weighted by molar-refractivity contribution is 7.18. The standard InChI is InChI=1S/C24H26N4O3S/c29-22(30)14-24(12-16-3-1-2-4-17(16)13-24)23(31)26-15-21-27-19-6-5-18(11-20(19)32-21)28-9-7-25-8-10-28/h1-6,11,25H,7-10,12-15H2,(H,26,31)(H,29,30). The lowest BCUT2D eigenvalue weighted by Crippen LogP contribution is -2.43. The lowest BCUT2D eigenvalue weighted by atomic mass is 9.80. The highest BCUT2D eigenvalue weighted by atomic mass is 32.1. The lowest BCUT2D eigenvalue weighted by Gasteiger charge is -2.29. The fraction of sp³-hybridized carbons (Fsp3) is 0.375. The van der Waals surface area contributed by atoms with Gasteiger partial charge in [-0.05, 0) is 42.2 Å². The number of rotatable bonds is 6. The summed E-state index contributed by atoms with van der Waals surface area (Å²) in [5, 5.41) is 16.7. The number of nitrogens with one attached hydrogen (secondary N) is 2. The van der Waals surface area contributed by atoms with Crippen molar-refractivity contribution in [3.05, 3.63) is 58.6 Å². The molecule has 3 aromatic rings. The first-order chi connectivity index (χ1) is 15.5. The van der Waals surface area contributed by atoms with E-state index in [0.717, 1.165) is 52.5 Å². The number of thiazole rings is 1. The Morgan fingerprint density at radius 2 is 1.84 bits per heavy atom. The van der Waals surface area contributed by atoms with E-state index in [4.69, 9.17) is 0 Å². The minimum Gasteiger partial charge on any atom is -0.481 e. The summed E-state index contributed by atoms with van der Waals surface area (Å²) in [4.78, 5) is 31.8. The number of aliphatic carboxylic acids is 1. The van der Waals surface area contributed by atoms with Crippen LogP contribution < -0.4 is 15.5 Å². The molecule has 166 valence electrons. The number of amides is 1. The van der Waals surface area contributed by atoms with Crippen molar-refractivity contribution in [3.8, 4) is 0 Å². The zero-order chi connectivity index (χ0) is 22.1. The molecule has 1 amide bonds. The Bertz CT molecular complexity index is 1140. The number of carbonyl (C=O) groups is 2. The van der Waals surface area contributed by atoms with Gasteiger partial charge in [-0.1, -0.05) is 24.3 Å². The molecular formula is C24H26N4O3S. The van der Waals surface area contributed by atoms with Crippen LogP contribution in [0.5, 0.6) is 0 Å². The summed E-state index contributed by atoms with van der Waals surface area (Å²) in [6.07, 6.45) is 0.728. The van der Waals surface area contributed by atoms with Gasteiger partial charge in [-0.3, -0.25) is 9.59 Å². The van der Waals surface area contributed by atoms with E-state index >= 15 is 0 Å². The second-order valence-electron chi connectivity index (χ2n) is 8.65. The molecule has 3 N–H and O–H groups in total. The zero-order valence-electron chi connectivity index (χ0n) is 17.8. The molecule has 7 nitrogen and oxygen atoms in total. The number of nitrogens with zero attached hydrogens (tertiary/aromatic N) is 2. The maximum atomic E-state index is 13.2. The van der Waals surface area contributed by atoms with Crippen molar-refractivity contribution in [2.75, 3.05) is 31.1 Å². The summed E-state index contributed by atoms with van der Waals surface area (Å²) in [7, 11) is 0. The average molecular weight is 451 g/mol. The number of fused-ring (bicyclic) bond motifs is 2. The maximum Gasteiger partial charge on any atom is 0.304 e. The minimum atomic E-state index is -0.951. The van der Waals surface area contributed by atoms with E-state index in [-0.39, 0.29) is 12.3 Å². The smallest absolute Gasteiger partial charge is 0.304 e. The number of carboxylic acid groups (broad SMARTS) is 1. The third-order valence-electron chi connectivity index (χ3n) is 6.45. The van der Waals surface area contributed by atoms with Gasteiger partial charge in [0.25, 0.3) is 0 Å². The number of benzene rings is 2. The fourth-order valence-corrected chi connectivity index (χ4v) is 5.79. The molecule has 5 rings (SSSR count). The number of carbonyl (C=O) groups excluding carboxylic acids is 1. The molecular weight excluding hydrogens is 424 g/mol. The summed E-state index contributed by atoms with van der Waals surface area (Å²) in [5.41, 5.74) is 3.30. The predicted octanol–water partition coefficient (Wildman–Crippen LogP) is 2.58. The fourth-order valence-electron chi connectivity index (χ4n) is 4.85. The van der Waals surface area contributed by atoms with E-state index in [1.54, 1.807) is 11.3 Å². The summed E-state index contributed by atoms with van der Waals surface area (Å²) < 4.78 is 1.10. The largest absolute Gasteiger partial charge is 0.481 e. The number of anilines is 1. The van der Waals surface area contributed by atoms with Gasteiger partial charge in [-0.25, -0.2) is 4.98 Å². The summed E-state index contributed by atoms with van der Waals surface area (Å²) in [6.45, 7) is 4.25. The van der Waals surface area contributed by atoms with Gasteiger partial charge in [0.15, 0.2) is 0 Å². The molecule has 0 saturated carbocycles. The number of hydrogen-bond acceptors (Lipinski definition) is 6. The Hall–Kier alpha value is -2.97. The Morgan fingerprint density at radius 3 is 2.53 bits per heavy atom. The molecule has 1 saturated heterocycles. The predicted molar refractivity (Wildman–Crippen MR) is 125 cm³/mol. The summed E-state index contributed by atoms with van der Waals surface area (Å²) >= 11 is 1.58. The van der Waals surface area contributed by atoms with Gasteiger partial charge < -0.3 is 20.6 Å². The molecule has 0 unspecified atom stereocenters. The molecule has 2 aliphatic rings. The quantitative estimate of drug-likeness (QED) is 0.534. The second-order valence-corrected chi connectivity index (χ2v) is 9.77. The van der Waals surface area contributed by atoms with Crippen molar-refractivity contribution in [2.45, 2.75) is 25.8 Å². The Kier molecular flexibility index (Phi) is 5.57. The summed E-state index contributed by atoms with van der Waals surface area (Å²) in [6, 6.07) is 14.1. The van der Waals surface area contributed by atoms with Gasteiger partial charge in [0.2, 0.25) is 5.91 Å². The third kappa shape index (κ3) is 4.08. The van der Waals surface area contributed by atoms with E-state index in [2.05, 4.69) is 32.7 Å². The Labute approximate surface area is 190 Å². The van der Waals surface area contributed by atoms with Gasteiger partial charge in [0.1, 0.15) is 5.01 Å². The van der Waals surface area contributed by atoms with Gasteiger partial charge in [0.05, 0.1) is 28.6 Å². The minimum absolute atomic E-state index is 0.179. The maximum absolute atomic E-state index is 13.2. The van der Waals surface area contributed by atoms with Crippen LogP contribution in [0.1, 0.15) is 22.6 Å². The first-order valence-electron chi connectivity index (χ1n) is 10.9. The monoisotopic (exact) mass is 450 g/mol. The van der Waals surface area contributed by atoms with Crippen LogP contribution in [0.15, 0.2) is 42.5 Å². The van der Waals surface area contributed by atoms with Crippen molar-refractivity contribution in [3.63, 3.8) is 0 Å². The van der Waals surface area contributed by atoms with Gasteiger partial charge in [0, 0.05) is 31.9 Å². The zero-order valence-corrected chi connectivity index (χ0v) is 18.6. The molecule has 0 spiro atoms. The SMILES string of the molecule is O=C(O)CC1(C(=O)NCc2nc3ccc(N4CCNCC4)cc3s2)Cc2ccccc2C1. The first-order valence-corrected chi connectivity index (χ1v) is 11.8. The molecule has 1 fully saturated rings. The van der Waals surface area contributed by atoms with E-state index < -0.39 is 11.4 Å². The van der Waals surface area contributed by atoms with E-state index in [0.29, 0.717) is 19.4 Å². The lowest BCUT2D eigenvalue weighted by molar-refractivity contribution is -0.145. The number of piperazine rings is 1. The number of hydrogen-bond donors (Lipinski definition) is 3. The van der Waals surface area contributed by atoms with Crippen LogP contribution in [0.4, 0.5) is 5.69 Å². The van der Waals surface area contributed by atoms with Crippen LogP contribution in [0, 0.1) is 5.41 Å². The van der Waals surface area contributed by atoms with Crippen molar-refractivity contribution in [1.29, 1.82) is 0 Å². The average Bonchev–Trinajstić information content (AvgIpc) is 3.38. The molecule has 1 aliphatic carbocycles. The molecule has 32 heavy (non-hydrogen) atoms. The molecule has 1 aromatic heterocycles. The topological polar surface area (TPSA) is 94.6 Å². The van der Waals surface area contributed by atoms with Crippen molar-refractivity contribution < 1.29 is 14.7 Å². The molecule has 1 aliphatic heterocycles. The van der Waals surface area contributed by atoms with Gasteiger partial charge in [-0.2, -0.15) is 0 Å². The number of carboxylic acids is 1. The molecule has 0 atom stereocenters. The molecule has 0 radical (unpaired) electrons. The van der Waals surface area contributed by atoms with Crippen LogP contribution in [0.25, 0.3) is 10.2 Å². The highest BCUT2D eigenvalue weighted by Crippen LogP contribution is 2.40. The van der Waals surface area contributed by atoms with Gasteiger partial charge in [-0.15, -0.1) is 11.3 Å². The van der Waals surface area contributed by atoms with Crippen LogP contribution in [0.2, 0.25) is 0 Å². The highest BCUT2D eigenvalue weighted by Gasteiger charge is 2.45. The van der Waals surface area contributed by atoms with Crippen molar-refractivity contribution in [2.24, 2.45) is 5.41 Å². The van der Waals surface area contributed by atoms with Crippen LogP contribution >= 0.6 is 11.3 Å². The third-order valence-corrected chi connectivity index (χ3v) is 7.46. The van der Waals surface area contributed by atoms with Crippen LogP contribution in [-0.2, 0) is 29.0 Å². The molecule has 2 aromatic carbocycles. The van der Waals surface area contributed by atoms with Crippen LogP contribution in [-0.4, -0.2) is 48.1 Å². The Balaban J connectivity index is 1.30. The number of aromatic nitrogens is 1. The van der Waals surface area contributed by atoms with Crippen LogP contribution in [0.3, 0.4) is 0 Å². The van der Waals surface area contributed by atoms with Gasteiger partial charge >= 0.3 is 5.97 Å².